The summed E-state index contributed by atoms with van der Waals surface area (Å²) in [5, 5.41) is 3.83. The molecule has 0 radical (unpaired) electrons. The monoisotopic (exact) mass is 405 g/mol. The zero-order chi connectivity index (χ0) is 20.9. The smallest absolute Gasteiger partial charge is 0.262 e. The molecule has 0 spiro atoms. The van der Waals surface area contributed by atoms with Crippen LogP contribution < -0.4 is 19.7 Å². The number of carbonyl (C=O) groups is 1. The number of pyridine rings is 1. The molecule has 6 nitrogen and oxygen atoms in total. The van der Waals surface area contributed by atoms with Crippen LogP contribution in [0.15, 0.2) is 54.6 Å². The van der Waals surface area contributed by atoms with Crippen molar-refractivity contribution in [3.05, 3.63) is 54.6 Å². The van der Waals surface area contributed by atoms with Crippen LogP contribution in [0.4, 0.5) is 11.5 Å². The van der Waals surface area contributed by atoms with Gasteiger partial charge < -0.3 is 19.7 Å². The lowest BCUT2D eigenvalue weighted by molar-refractivity contribution is -0.118. The van der Waals surface area contributed by atoms with Gasteiger partial charge in [0.2, 0.25) is 0 Å². The maximum atomic E-state index is 12.3. The lowest BCUT2D eigenvalue weighted by Crippen LogP contribution is -2.34. The maximum Gasteiger partial charge on any atom is 0.262 e. The Kier molecular flexibility index (Phi) is 6.02. The molecule has 6 heteroatoms. The summed E-state index contributed by atoms with van der Waals surface area (Å²) in [6.07, 6.45) is 2.45. The molecule has 3 aromatic rings. The van der Waals surface area contributed by atoms with Crippen molar-refractivity contribution in [1.29, 1.82) is 0 Å². The second-order valence-corrected chi connectivity index (χ2v) is 7.76. The SMILES string of the molecule is COc1ccc(NC(=O)COc2cccc3ccc(N4CCC[C@H](C)C4)nc23)cc1. The van der Waals surface area contributed by atoms with Crippen molar-refractivity contribution in [3.63, 3.8) is 0 Å². The van der Waals surface area contributed by atoms with Crippen LogP contribution in [0.3, 0.4) is 0 Å². The Morgan fingerprint density at radius 2 is 2.00 bits per heavy atom. The lowest BCUT2D eigenvalue weighted by Gasteiger charge is -2.32. The minimum absolute atomic E-state index is 0.0855. The van der Waals surface area contributed by atoms with E-state index in [0.717, 1.165) is 35.6 Å². The fraction of sp³-hybridized carbons (Fsp3) is 0.333. The Morgan fingerprint density at radius 1 is 1.17 bits per heavy atom. The molecule has 1 saturated heterocycles. The highest BCUT2D eigenvalue weighted by Gasteiger charge is 2.18. The largest absolute Gasteiger partial charge is 0.497 e. The Balaban J connectivity index is 1.46. The highest BCUT2D eigenvalue weighted by molar-refractivity contribution is 5.92. The number of fused-ring (bicyclic) bond motifs is 1. The molecule has 0 aliphatic carbocycles. The van der Waals surface area contributed by atoms with E-state index in [1.807, 2.05) is 18.2 Å². The van der Waals surface area contributed by atoms with Crippen molar-refractivity contribution in [2.24, 2.45) is 5.92 Å². The lowest BCUT2D eigenvalue weighted by atomic mass is 10.0. The summed E-state index contributed by atoms with van der Waals surface area (Å²) < 4.78 is 11.0. The number of ether oxygens (including phenoxy) is 2. The first-order valence-corrected chi connectivity index (χ1v) is 10.3. The molecule has 1 aliphatic rings. The molecule has 30 heavy (non-hydrogen) atoms. The molecule has 0 unspecified atom stereocenters. The summed E-state index contributed by atoms with van der Waals surface area (Å²) >= 11 is 0. The van der Waals surface area contributed by atoms with Crippen LogP contribution in [0.1, 0.15) is 19.8 Å². The van der Waals surface area contributed by atoms with Crippen molar-refractivity contribution >= 4 is 28.3 Å². The number of aromatic nitrogens is 1. The molecule has 1 N–H and O–H groups in total. The first kappa shape index (κ1) is 20.0. The topological polar surface area (TPSA) is 63.7 Å². The van der Waals surface area contributed by atoms with Gasteiger partial charge in [-0.15, -0.1) is 0 Å². The van der Waals surface area contributed by atoms with Crippen LogP contribution in [0, 0.1) is 5.92 Å². The van der Waals surface area contributed by atoms with Gasteiger partial charge in [-0.1, -0.05) is 19.1 Å². The van der Waals surface area contributed by atoms with E-state index in [0.29, 0.717) is 17.4 Å². The minimum atomic E-state index is -0.224. The Bertz CT molecular complexity index is 1020. The predicted molar refractivity (Wildman–Crippen MR) is 119 cm³/mol. The van der Waals surface area contributed by atoms with Gasteiger partial charge in [-0.05, 0) is 61.2 Å². The van der Waals surface area contributed by atoms with E-state index in [4.69, 9.17) is 14.5 Å². The maximum absolute atomic E-state index is 12.3. The number of para-hydroxylation sites is 1. The number of rotatable bonds is 6. The van der Waals surface area contributed by atoms with E-state index in [2.05, 4.69) is 29.3 Å². The molecule has 0 bridgehead atoms. The second kappa shape index (κ2) is 9.03. The third kappa shape index (κ3) is 4.64. The molecule has 2 heterocycles. The van der Waals surface area contributed by atoms with Gasteiger partial charge in [0.15, 0.2) is 6.61 Å². The van der Waals surface area contributed by atoms with Gasteiger partial charge in [0, 0.05) is 24.2 Å². The molecular weight excluding hydrogens is 378 g/mol. The second-order valence-electron chi connectivity index (χ2n) is 7.76. The molecule has 1 fully saturated rings. The number of hydrogen-bond acceptors (Lipinski definition) is 5. The zero-order valence-corrected chi connectivity index (χ0v) is 17.4. The highest BCUT2D eigenvalue weighted by Crippen LogP contribution is 2.28. The van der Waals surface area contributed by atoms with Gasteiger partial charge >= 0.3 is 0 Å². The third-order valence-corrected chi connectivity index (χ3v) is 5.38. The average molecular weight is 405 g/mol. The normalized spacial score (nSPS) is 16.3. The molecule has 2 aromatic carbocycles. The Hall–Kier alpha value is -3.28. The van der Waals surface area contributed by atoms with E-state index in [1.54, 1.807) is 31.4 Å². The van der Waals surface area contributed by atoms with E-state index >= 15 is 0 Å². The molecular formula is C24H27N3O3. The minimum Gasteiger partial charge on any atom is -0.497 e. The molecule has 156 valence electrons. The first-order valence-electron chi connectivity index (χ1n) is 10.3. The number of anilines is 2. The van der Waals surface area contributed by atoms with Crippen LogP contribution in [0.2, 0.25) is 0 Å². The summed E-state index contributed by atoms with van der Waals surface area (Å²) in [7, 11) is 1.61. The fourth-order valence-electron chi connectivity index (χ4n) is 3.81. The van der Waals surface area contributed by atoms with Gasteiger partial charge in [-0.2, -0.15) is 0 Å². The van der Waals surface area contributed by atoms with Crippen molar-refractivity contribution in [3.8, 4) is 11.5 Å². The number of hydrogen-bond donors (Lipinski definition) is 1. The number of amides is 1. The summed E-state index contributed by atoms with van der Waals surface area (Å²) in [6, 6.07) is 17.1. The van der Waals surface area contributed by atoms with Crippen LogP contribution in [0.5, 0.6) is 11.5 Å². The van der Waals surface area contributed by atoms with E-state index in [9.17, 15) is 4.79 Å². The van der Waals surface area contributed by atoms with Gasteiger partial charge in [0.1, 0.15) is 22.8 Å². The summed E-state index contributed by atoms with van der Waals surface area (Å²) in [5.74, 6) is 2.77. The van der Waals surface area contributed by atoms with E-state index in [1.165, 1.54) is 12.8 Å². The number of benzene rings is 2. The molecule has 0 saturated carbocycles. The number of nitrogens with one attached hydrogen (secondary N) is 1. The van der Waals surface area contributed by atoms with Gasteiger partial charge in [0.05, 0.1) is 7.11 Å². The number of carbonyl (C=O) groups excluding carboxylic acids is 1. The van der Waals surface area contributed by atoms with Crippen LogP contribution >= 0.6 is 0 Å². The van der Waals surface area contributed by atoms with Crippen LogP contribution in [-0.4, -0.2) is 37.7 Å². The quantitative estimate of drug-likeness (QED) is 0.654. The van der Waals surface area contributed by atoms with Crippen molar-refractivity contribution < 1.29 is 14.3 Å². The Labute approximate surface area is 176 Å². The van der Waals surface area contributed by atoms with E-state index < -0.39 is 0 Å². The van der Waals surface area contributed by atoms with Gasteiger partial charge in [-0.3, -0.25) is 4.79 Å². The fourth-order valence-corrected chi connectivity index (χ4v) is 3.81. The summed E-state index contributed by atoms with van der Waals surface area (Å²) in [4.78, 5) is 19.5. The highest BCUT2D eigenvalue weighted by atomic mass is 16.5. The zero-order valence-electron chi connectivity index (χ0n) is 17.4. The number of nitrogens with zero attached hydrogens (tertiary/aromatic N) is 2. The molecule has 1 amide bonds. The van der Waals surface area contributed by atoms with Crippen molar-refractivity contribution in [2.45, 2.75) is 19.8 Å². The van der Waals surface area contributed by atoms with Crippen molar-refractivity contribution in [2.75, 3.05) is 37.0 Å². The van der Waals surface area contributed by atoms with Gasteiger partial charge in [-0.25, -0.2) is 4.98 Å². The molecule has 1 aliphatic heterocycles. The van der Waals surface area contributed by atoms with Crippen LogP contribution in [-0.2, 0) is 4.79 Å². The molecule has 1 atom stereocenters. The summed E-state index contributed by atoms with van der Waals surface area (Å²) in [6.45, 7) is 4.24. The van der Waals surface area contributed by atoms with Gasteiger partial charge in [0.25, 0.3) is 5.91 Å². The van der Waals surface area contributed by atoms with Crippen LogP contribution in [0.25, 0.3) is 10.9 Å². The first-order chi connectivity index (χ1) is 14.6. The summed E-state index contributed by atoms with van der Waals surface area (Å²) in [5.41, 5.74) is 1.48. The molecule has 4 rings (SSSR count). The predicted octanol–water partition coefficient (Wildman–Crippen LogP) is 4.50. The molecule has 1 aromatic heterocycles. The number of piperidine rings is 1. The number of methoxy groups -OCH3 is 1. The standard InChI is InChI=1S/C24H27N3O3/c1-17-5-4-14-27(15-17)22-13-8-18-6-3-7-21(24(18)26-22)30-16-23(28)25-19-9-11-20(29-2)12-10-19/h3,6-13,17H,4-5,14-16H2,1-2H3,(H,25,28)/t17-/m0/s1. The van der Waals surface area contributed by atoms with Crippen molar-refractivity contribution in [1.82, 2.24) is 4.98 Å². The third-order valence-electron chi connectivity index (χ3n) is 5.38. The average Bonchev–Trinajstić information content (AvgIpc) is 2.78. The van der Waals surface area contributed by atoms with E-state index in [-0.39, 0.29) is 12.5 Å². The Morgan fingerprint density at radius 3 is 2.77 bits per heavy atom.